The van der Waals surface area contributed by atoms with Crippen LogP contribution in [0.2, 0.25) is 0 Å². The van der Waals surface area contributed by atoms with Crippen molar-refractivity contribution in [3.05, 3.63) is 21.9 Å². The summed E-state index contributed by atoms with van der Waals surface area (Å²) in [6, 6.07) is 1.14. The van der Waals surface area contributed by atoms with E-state index in [2.05, 4.69) is 6.07 Å². The van der Waals surface area contributed by atoms with Crippen LogP contribution in [0, 0.1) is 5.92 Å². The van der Waals surface area contributed by atoms with Crippen LogP contribution >= 0.6 is 11.3 Å². The summed E-state index contributed by atoms with van der Waals surface area (Å²) in [6.07, 6.45) is -1.42. The predicted molar refractivity (Wildman–Crippen MR) is 82.7 cm³/mol. The Balaban J connectivity index is 1.55. The zero-order valence-corrected chi connectivity index (χ0v) is 13.7. The standard InChI is InChI=1S/C15H18F3N3O2S/c16-15(17,18)8-19-14(23)20-12(22)7-21-5-3-11-10(4-6-24-11)13(21)9-1-2-9/h4,6,9,13H,1-3,5,7-8H2,(H2,19,20,22,23)/t13-/m0/s1. The van der Waals surface area contributed by atoms with Crippen molar-refractivity contribution in [3.8, 4) is 0 Å². The second kappa shape index (κ2) is 6.72. The first kappa shape index (κ1) is 17.2. The molecule has 0 aromatic carbocycles. The number of rotatable bonds is 4. The molecule has 1 saturated carbocycles. The van der Waals surface area contributed by atoms with Crippen molar-refractivity contribution in [1.29, 1.82) is 0 Å². The summed E-state index contributed by atoms with van der Waals surface area (Å²) in [4.78, 5) is 26.7. The highest BCUT2D eigenvalue weighted by molar-refractivity contribution is 7.10. The van der Waals surface area contributed by atoms with Crippen LogP contribution in [0.25, 0.3) is 0 Å². The Morgan fingerprint density at radius 3 is 2.75 bits per heavy atom. The zero-order valence-electron chi connectivity index (χ0n) is 12.9. The van der Waals surface area contributed by atoms with E-state index in [1.165, 1.54) is 10.4 Å². The Bertz CT molecular complexity index is 628. The molecule has 3 rings (SSSR count). The Morgan fingerprint density at radius 1 is 1.33 bits per heavy atom. The molecule has 1 fully saturated rings. The van der Waals surface area contributed by atoms with E-state index in [1.54, 1.807) is 16.7 Å². The van der Waals surface area contributed by atoms with Crippen molar-refractivity contribution in [2.45, 2.75) is 31.5 Å². The number of hydrogen-bond donors (Lipinski definition) is 2. The van der Waals surface area contributed by atoms with Gasteiger partial charge in [0.2, 0.25) is 5.91 Å². The molecule has 2 aliphatic rings. The first-order valence-corrected chi connectivity index (χ1v) is 8.66. The van der Waals surface area contributed by atoms with Gasteiger partial charge in [0, 0.05) is 17.5 Å². The largest absolute Gasteiger partial charge is 0.405 e. The molecule has 0 bridgehead atoms. The summed E-state index contributed by atoms with van der Waals surface area (Å²) in [6.45, 7) is -0.735. The van der Waals surface area contributed by atoms with Gasteiger partial charge in [0.15, 0.2) is 0 Å². The fourth-order valence-electron chi connectivity index (χ4n) is 3.11. The highest BCUT2D eigenvalue weighted by Gasteiger charge is 2.40. The van der Waals surface area contributed by atoms with Gasteiger partial charge < -0.3 is 5.32 Å². The minimum atomic E-state index is -4.50. The summed E-state index contributed by atoms with van der Waals surface area (Å²) < 4.78 is 36.1. The molecule has 1 aliphatic carbocycles. The van der Waals surface area contributed by atoms with Gasteiger partial charge in [-0.15, -0.1) is 11.3 Å². The summed E-state index contributed by atoms with van der Waals surface area (Å²) >= 11 is 1.72. The van der Waals surface area contributed by atoms with Gasteiger partial charge in [-0.3, -0.25) is 15.0 Å². The maximum Gasteiger partial charge on any atom is 0.405 e. The minimum absolute atomic E-state index is 0.00981. The lowest BCUT2D eigenvalue weighted by molar-refractivity contribution is -0.125. The van der Waals surface area contributed by atoms with Crippen molar-refractivity contribution in [2.24, 2.45) is 5.92 Å². The van der Waals surface area contributed by atoms with Gasteiger partial charge in [0.25, 0.3) is 0 Å². The lowest BCUT2D eigenvalue weighted by Gasteiger charge is -2.35. The highest BCUT2D eigenvalue weighted by atomic mass is 32.1. The second-order valence-electron chi connectivity index (χ2n) is 6.15. The van der Waals surface area contributed by atoms with Gasteiger partial charge in [-0.05, 0) is 42.2 Å². The van der Waals surface area contributed by atoms with E-state index in [4.69, 9.17) is 0 Å². The van der Waals surface area contributed by atoms with Crippen LogP contribution in [0.1, 0.15) is 29.3 Å². The molecule has 2 N–H and O–H groups in total. The molecule has 0 saturated heterocycles. The van der Waals surface area contributed by atoms with Crippen LogP contribution in [0.5, 0.6) is 0 Å². The van der Waals surface area contributed by atoms with Crippen LogP contribution in [-0.4, -0.2) is 42.6 Å². The molecule has 3 amide bonds. The number of imide groups is 1. The number of halogens is 3. The minimum Gasteiger partial charge on any atom is -0.329 e. The number of carbonyl (C=O) groups is 2. The summed E-state index contributed by atoms with van der Waals surface area (Å²) in [5.41, 5.74) is 1.25. The quantitative estimate of drug-likeness (QED) is 0.866. The fourth-order valence-corrected chi connectivity index (χ4v) is 4.03. The van der Waals surface area contributed by atoms with Crippen molar-refractivity contribution >= 4 is 23.3 Å². The molecule has 1 atom stereocenters. The molecule has 2 heterocycles. The van der Waals surface area contributed by atoms with E-state index in [9.17, 15) is 22.8 Å². The molecule has 5 nitrogen and oxygen atoms in total. The Kier molecular flexibility index (Phi) is 4.82. The first-order valence-electron chi connectivity index (χ1n) is 7.78. The van der Waals surface area contributed by atoms with Crippen LogP contribution in [0.4, 0.5) is 18.0 Å². The summed E-state index contributed by atoms with van der Waals surface area (Å²) in [5, 5.41) is 5.66. The normalized spacial score (nSPS) is 21.2. The molecule has 1 aromatic rings. The van der Waals surface area contributed by atoms with E-state index in [0.717, 1.165) is 19.3 Å². The van der Waals surface area contributed by atoms with Crippen molar-refractivity contribution in [2.75, 3.05) is 19.6 Å². The van der Waals surface area contributed by atoms with E-state index in [1.807, 2.05) is 15.6 Å². The molecule has 24 heavy (non-hydrogen) atoms. The van der Waals surface area contributed by atoms with E-state index in [-0.39, 0.29) is 12.6 Å². The highest BCUT2D eigenvalue weighted by Crippen LogP contribution is 2.48. The number of alkyl halides is 3. The first-order chi connectivity index (χ1) is 11.3. The average molecular weight is 361 g/mol. The van der Waals surface area contributed by atoms with Crippen molar-refractivity contribution in [1.82, 2.24) is 15.5 Å². The number of thiophene rings is 1. The Morgan fingerprint density at radius 2 is 2.08 bits per heavy atom. The Hall–Kier alpha value is -1.61. The van der Waals surface area contributed by atoms with Gasteiger partial charge >= 0.3 is 12.2 Å². The number of amides is 3. The third-order valence-electron chi connectivity index (χ3n) is 4.24. The Labute approximate surface area is 141 Å². The van der Waals surface area contributed by atoms with Gasteiger partial charge in [0.05, 0.1) is 6.54 Å². The molecule has 0 unspecified atom stereocenters. The molecular formula is C15H18F3N3O2S. The lowest BCUT2D eigenvalue weighted by Crippen LogP contribution is -2.48. The molecule has 0 radical (unpaired) electrons. The van der Waals surface area contributed by atoms with Crippen LogP contribution in [-0.2, 0) is 11.2 Å². The zero-order chi connectivity index (χ0) is 17.3. The van der Waals surface area contributed by atoms with E-state index in [0.29, 0.717) is 12.5 Å². The summed E-state index contributed by atoms with van der Waals surface area (Å²) in [7, 11) is 0. The maximum atomic E-state index is 12.0. The van der Waals surface area contributed by atoms with Crippen LogP contribution in [0.15, 0.2) is 11.4 Å². The lowest BCUT2D eigenvalue weighted by atomic mass is 9.96. The number of urea groups is 1. The maximum absolute atomic E-state index is 12.0. The summed E-state index contributed by atoms with van der Waals surface area (Å²) in [5.74, 6) is -0.0653. The predicted octanol–water partition coefficient (Wildman–Crippen LogP) is 2.45. The number of fused-ring (bicyclic) bond motifs is 1. The third kappa shape index (κ3) is 4.27. The second-order valence-corrected chi connectivity index (χ2v) is 7.15. The van der Waals surface area contributed by atoms with Crippen molar-refractivity contribution in [3.63, 3.8) is 0 Å². The van der Waals surface area contributed by atoms with Gasteiger partial charge in [-0.1, -0.05) is 0 Å². The molecule has 132 valence electrons. The number of nitrogens with one attached hydrogen (secondary N) is 2. The number of nitrogens with zero attached hydrogens (tertiary/aromatic N) is 1. The van der Waals surface area contributed by atoms with Crippen LogP contribution in [0.3, 0.4) is 0 Å². The molecular weight excluding hydrogens is 343 g/mol. The van der Waals surface area contributed by atoms with E-state index >= 15 is 0 Å². The van der Waals surface area contributed by atoms with Gasteiger partial charge in [-0.2, -0.15) is 13.2 Å². The third-order valence-corrected chi connectivity index (χ3v) is 5.23. The monoisotopic (exact) mass is 361 g/mol. The average Bonchev–Trinajstić information content (AvgIpc) is 3.20. The topological polar surface area (TPSA) is 61.4 Å². The fraction of sp³-hybridized carbons (Fsp3) is 0.600. The molecule has 1 aliphatic heterocycles. The molecule has 9 heteroatoms. The number of carbonyl (C=O) groups excluding carboxylic acids is 2. The number of hydrogen-bond acceptors (Lipinski definition) is 4. The van der Waals surface area contributed by atoms with E-state index < -0.39 is 24.7 Å². The smallest absolute Gasteiger partial charge is 0.329 e. The van der Waals surface area contributed by atoms with Crippen molar-refractivity contribution < 1.29 is 22.8 Å². The molecule has 1 aromatic heterocycles. The van der Waals surface area contributed by atoms with Crippen LogP contribution < -0.4 is 10.6 Å². The molecule has 0 spiro atoms. The van der Waals surface area contributed by atoms with Gasteiger partial charge in [0.1, 0.15) is 6.54 Å². The van der Waals surface area contributed by atoms with Gasteiger partial charge in [-0.25, -0.2) is 4.79 Å². The SMILES string of the molecule is O=C(CN1CCc2sccc2[C@@H]1C1CC1)NC(=O)NCC(F)(F)F.